The number of aromatic nitrogens is 2. The molecule has 1 aromatic heterocycles. The van der Waals surface area contributed by atoms with Gasteiger partial charge in [0, 0.05) is 6.07 Å². The maximum Gasteiger partial charge on any atom is 0.416 e. The van der Waals surface area contributed by atoms with E-state index < -0.39 is 53.1 Å². The number of rotatable bonds is 10. The lowest BCUT2D eigenvalue weighted by Crippen LogP contribution is -2.38. The van der Waals surface area contributed by atoms with Gasteiger partial charge in [-0.15, -0.1) is 0 Å². The lowest BCUT2D eigenvalue weighted by atomic mass is 9.94. The fraction of sp³-hybridized carbons (Fsp3) is 0.346. The Morgan fingerprint density at radius 3 is 2.34 bits per heavy atom. The minimum absolute atomic E-state index is 0.0877. The van der Waals surface area contributed by atoms with Crippen molar-refractivity contribution in [3.63, 3.8) is 0 Å². The molecule has 38 heavy (non-hydrogen) atoms. The smallest absolute Gasteiger partial charge is 0.416 e. The number of carbonyl (C=O) groups excluding carboxylic acids is 1. The van der Waals surface area contributed by atoms with Crippen LogP contribution in [-0.2, 0) is 11.0 Å². The molecule has 0 fully saturated rings. The topological polar surface area (TPSA) is 114 Å². The van der Waals surface area contributed by atoms with Crippen molar-refractivity contribution in [2.75, 3.05) is 6.61 Å². The fourth-order valence-corrected chi connectivity index (χ4v) is 3.47. The highest BCUT2D eigenvalue weighted by Gasteiger charge is 2.36. The minimum atomic E-state index is -4.79. The molecular formula is C26H27F4N3O5. The van der Waals surface area contributed by atoms with Crippen LogP contribution in [0.4, 0.5) is 17.6 Å². The third-order valence-electron chi connectivity index (χ3n) is 6.07. The summed E-state index contributed by atoms with van der Waals surface area (Å²) in [5.41, 5.74) is -3.28. The van der Waals surface area contributed by atoms with E-state index in [0.29, 0.717) is 0 Å². The van der Waals surface area contributed by atoms with E-state index in [2.05, 4.69) is 10.4 Å². The second-order valence-electron chi connectivity index (χ2n) is 9.24. The van der Waals surface area contributed by atoms with Crippen molar-refractivity contribution in [2.24, 2.45) is 5.92 Å². The van der Waals surface area contributed by atoms with Crippen LogP contribution in [0.15, 0.2) is 54.6 Å². The highest BCUT2D eigenvalue weighted by Crippen LogP contribution is 2.35. The molecule has 0 aliphatic heterocycles. The van der Waals surface area contributed by atoms with E-state index in [4.69, 9.17) is 4.74 Å². The predicted octanol–water partition coefficient (Wildman–Crippen LogP) is 4.76. The number of para-hydroxylation sites is 1. The summed E-state index contributed by atoms with van der Waals surface area (Å²) in [6, 6.07) is 9.37. The van der Waals surface area contributed by atoms with Crippen LogP contribution in [0.3, 0.4) is 0 Å². The number of carboxylic acids is 1. The number of ether oxygens (including phenoxy) is 1. The molecule has 8 nitrogen and oxygen atoms in total. The van der Waals surface area contributed by atoms with E-state index in [0.717, 1.165) is 35.0 Å². The molecule has 3 rings (SSSR count). The number of alkyl halides is 3. The largest absolute Gasteiger partial charge is 0.481 e. The molecule has 3 aromatic rings. The second-order valence-corrected chi connectivity index (χ2v) is 9.24. The molecule has 3 N–H and O–H groups in total. The molecular weight excluding hydrogens is 510 g/mol. The van der Waals surface area contributed by atoms with Crippen molar-refractivity contribution in [3.05, 3.63) is 77.2 Å². The van der Waals surface area contributed by atoms with E-state index in [-0.39, 0.29) is 29.8 Å². The number of aliphatic hydroxyl groups is 1. The number of hydrogen-bond donors (Lipinski definition) is 3. The van der Waals surface area contributed by atoms with Gasteiger partial charge in [-0.3, -0.25) is 9.59 Å². The number of hydrogen-bond acceptors (Lipinski definition) is 5. The van der Waals surface area contributed by atoms with Crippen molar-refractivity contribution in [1.82, 2.24) is 15.1 Å². The lowest BCUT2D eigenvalue weighted by molar-refractivity contribution is -0.140. The summed E-state index contributed by atoms with van der Waals surface area (Å²) >= 11 is 0. The lowest BCUT2D eigenvalue weighted by Gasteiger charge is -2.27. The van der Waals surface area contributed by atoms with Crippen LogP contribution in [-0.4, -0.2) is 44.1 Å². The molecule has 12 heteroatoms. The third-order valence-corrected chi connectivity index (χ3v) is 6.07. The molecule has 2 aromatic carbocycles. The summed E-state index contributed by atoms with van der Waals surface area (Å²) < 4.78 is 62.0. The Bertz CT molecular complexity index is 1300. The molecule has 0 radical (unpaired) electrons. The molecule has 0 aliphatic rings. The number of benzene rings is 2. The first-order valence-electron chi connectivity index (χ1n) is 11.6. The van der Waals surface area contributed by atoms with E-state index in [1.165, 1.54) is 31.2 Å². The summed E-state index contributed by atoms with van der Waals surface area (Å²) in [6.07, 6.45) is -5.63. The van der Waals surface area contributed by atoms with Gasteiger partial charge in [0.15, 0.2) is 5.69 Å². The zero-order chi connectivity index (χ0) is 28.3. The summed E-state index contributed by atoms with van der Waals surface area (Å²) in [5, 5.41) is 26.2. The number of carboxylic acid groups (broad SMARTS) is 1. The molecule has 0 spiro atoms. The molecule has 0 saturated carbocycles. The van der Waals surface area contributed by atoms with Crippen LogP contribution >= 0.6 is 0 Å². The van der Waals surface area contributed by atoms with E-state index in [1.54, 1.807) is 13.8 Å². The first-order valence-corrected chi connectivity index (χ1v) is 11.6. The maximum absolute atomic E-state index is 14.6. The first-order chi connectivity index (χ1) is 17.7. The van der Waals surface area contributed by atoms with Gasteiger partial charge in [-0.05, 0) is 36.6 Å². The van der Waals surface area contributed by atoms with Gasteiger partial charge in [0.05, 0.1) is 23.6 Å². The number of nitrogens with zero attached hydrogens (tertiary/aromatic N) is 2. The van der Waals surface area contributed by atoms with E-state index in [9.17, 15) is 37.4 Å². The van der Waals surface area contributed by atoms with Gasteiger partial charge in [-0.2, -0.15) is 23.0 Å². The van der Waals surface area contributed by atoms with Crippen molar-refractivity contribution < 1.29 is 42.1 Å². The van der Waals surface area contributed by atoms with Crippen LogP contribution in [0.1, 0.15) is 54.8 Å². The van der Waals surface area contributed by atoms with Crippen molar-refractivity contribution in [3.8, 4) is 11.6 Å². The predicted molar refractivity (Wildman–Crippen MR) is 128 cm³/mol. The van der Waals surface area contributed by atoms with E-state index in [1.807, 2.05) is 0 Å². The molecule has 0 aliphatic carbocycles. The monoisotopic (exact) mass is 537 g/mol. The maximum atomic E-state index is 14.6. The Morgan fingerprint density at radius 2 is 1.74 bits per heavy atom. The molecule has 204 valence electrons. The number of carbonyl (C=O) groups is 2. The van der Waals surface area contributed by atoms with Crippen LogP contribution in [0.2, 0.25) is 0 Å². The average molecular weight is 538 g/mol. The zero-order valence-corrected chi connectivity index (χ0v) is 20.8. The fourth-order valence-electron chi connectivity index (χ4n) is 3.47. The van der Waals surface area contributed by atoms with Gasteiger partial charge in [-0.25, -0.2) is 4.39 Å². The van der Waals surface area contributed by atoms with Crippen molar-refractivity contribution >= 4 is 11.9 Å². The van der Waals surface area contributed by atoms with Crippen LogP contribution < -0.4 is 10.1 Å². The number of halogens is 4. The second kappa shape index (κ2) is 11.2. The number of amides is 1. The molecule has 0 saturated heterocycles. The molecule has 1 amide bonds. The van der Waals surface area contributed by atoms with Crippen molar-refractivity contribution in [2.45, 2.75) is 45.0 Å². The van der Waals surface area contributed by atoms with Crippen LogP contribution in [0.5, 0.6) is 5.88 Å². The molecule has 0 bridgehead atoms. The Labute approximate surface area is 215 Å². The van der Waals surface area contributed by atoms with Crippen LogP contribution in [0.25, 0.3) is 5.69 Å². The third kappa shape index (κ3) is 6.68. The van der Waals surface area contributed by atoms with E-state index >= 15 is 0 Å². The number of aliphatic carboxylic acids is 1. The first kappa shape index (κ1) is 28.6. The highest BCUT2D eigenvalue weighted by molar-refractivity contribution is 5.93. The molecule has 1 heterocycles. The minimum Gasteiger partial charge on any atom is -0.481 e. The van der Waals surface area contributed by atoms with Gasteiger partial charge >= 0.3 is 12.1 Å². The Morgan fingerprint density at radius 1 is 1.11 bits per heavy atom. The number of nitrogens with one attached hydrogen (secondary N) is 1. The summed E-state index contributed by atoms with van der Waals surface area (Å²) in [7, 11) is 0. The summed E-state index contributed by atoms with van der Waals surface area (Å²) in [6.45, 7) is 4.81. The quantitative estimate of drug-likeness (QED) is 0.322. The zero-order valence-electron chi connectivity index (χ0n) is 20.8. The normalized spacial score (nSPS) is 14.1. The molecule has 0 unspecified atom stereocenters. The SMILES string of the molecule is CC(C)[C@@](C)(O)COc1cc(C(=O)N[C@@H](CC(=O)O)c2ccccc2C(F)(F)F)nn1-c1ccccc1F. The summed E-state index contributed by atoms with van der Waals surface area (Å²) in [5.74, 6) is -3.49. The Balaban J connectivity index is 2.00. The summed E-state index contributed by atoms with van der Waals surface area (Å²) in [4.78, 5) is 24.5. The average Bonchev–Trinajstić information content (AvgIpc) is 3.26. The highest BCUT2D eigenvalue weighted by atomic mass is 19.4. The van der Waals surface area contributed by atoms with Gasteiger partial charge in [0.2, 0.25) is 5.88 Å². The van der Waals surface area contributed by atoms with Gasteiger partial charge in [0.25, 0.3) is 5.91 Å². The van der Waals surface area contributed by atoms with Crippen molar-refractivity contribution in [1.29, 1.82) is 0 Å². The van der Waals surface area contributed by atoms with Gasteiger partial charge in [-0.1, -0.05) is 44.2 Å². The van der Waals surface area contributed by atoms with Gasteiger partial charge < -0.3 is 20.3 Å². The Kier molecular flexibility index (Phi) is 8.45. The molecule has 2 atom stereocenters. The van der Waals surface area contributed by atoms with Gasteiger partial charge in [0.1, 0.15) is 18.1 Å². The Hall–Kier alpha value is -3.93. The standard InChI is InChI=1S/C26H27F4N3O5/c1-15(2)25(3,37)14-38-22-12-20(32-33(22)21-11-7-6-10-18(21)27)24(36)31-19(13-23(34)35)16-8-4-5-9-17(16)26(28,29)30/h4-12,15,19,37H,13-14H2,1-3H3,(H,31,36)(H,34,35)/t19-,25-/m0/s1. The van der Waals surface area contributed by atoms with Crippen LogP contribution in [0, 0.1) is 11.7 Å².